The van der Waals surface area contributed by atoms with Gasteiger partial charge >= 0.3 is 5.97 Å². The fourth-order valence-corrected chi connectivity index (χ4v) is 4.56. The zero-order valence-electron chi connectivity index (χ0n) is 16.5. The van der Waals surface area contributed by atoms with Gasteiger partial charge in [-0.2, -0.15) is 0 Å². The predicted molar refractivity (Wildman–Crippen MR) is 111 cm³/mol. The van der Waals surface area contributed by atoms with Gasteiger partial charge in [0, 0.05) is 23.6 Å². The first kappa shape index (κ1) is 18.9. The molecule has 3 heterocycles. The van der Waals surface area contributed by atoms with E-state index in [1.807, 2.05) is 30.0 Å². The van der Waals surface area contributed by atoms with Crippen LogP contribution in [0.1, 0.15) is 60.5 Å². The topological polar surface area (TPSA) is 59.4 Å². The first-order valence-electron chi connectivity index (χ1n) is 9.83. The lowest BCUT2D eigenvalue weighted by Crippen LogP contribution is -2.35. The smallest absolute Gasteiger partial charge is 0.325 e. The average Bonchev–Trinajstić information content (AvgIpc) is 3.40. The number of aryl methyl sites for hydroxylation is 1. The van der Waals surface area contributed by atoms with Gasteiger partial charge in [-0.3, -0.25) is 9.78 Å². The molecule has 148 valence electrons. The van der Waals surface area contributed by atoms with Crippen LogP contribution in [0.4, 0.5) is 0 Å². The SMILES string of the molecule is CCOC(=O)CN1C(=S)N[C@@H](c2ccccn2)[C@@H]1c1cc(C)n(C2CC2)c1C. The van der Waals surface area contributed by atoms with Gasteiger partial charge in [0.05, 0.1) is 24.4 Å². The molecule has 0 amide bonds. The Labute approximate surface area is 170 Å². The van der Waals surface area contributed by atoms with Crippen LogP contribution in [0.15, 0.2) is 30.5 Å². The first-order chi connectivity index (χ1) is 13.5. The Morgan fingerprint density at radius 1 is 1.36 bits per heavy atom. The van der Waals surface area contributed by atoms with Gasteiger partial charge in [0.1, 0.15) is 6.54 Å². The van der Waals surface area contributed by atoms with E-state index in [4.69, 9.17) is 17.0 Å². The minimum Gasteiger partial charge on any atom is -0.465 e. The van der Waals surface area contributed by atoms with Crippen LogP contribution in [0.2, 0.25) is 0 Å². The summed E-state index contributed by atoms with van der Waals surface area (Å²) in [7, 11) is 0. The molecule has 1 aliphatic carbocycles. The van der Waals surface area contributed by atoms with Crippen LogP contribution in [-0.4, -0.2) is 38.7 Å². The average molecular weight is 399 g/mol. The molecule has 1 saturated heterocycles. The van der Waals surface area contributed by atoms with Gasteiger partial charge in [0.25, 0.3) is 0 Å². The second-order valence-corrected chi connectivity index (χ2v) is 7.87. The van der Waals surface area contributed by atoms with Crippen LogP contribution in [0.5, 0.6) is 0 Å². The number of aromatic nitrogens is 2. The number of thiocarbonyl (C=S) groups is 1. The van der Waals surface area contributed by atoms with E-state index >= 15 is 0 Å². The van der Waals surface area contributed by atoms with Crippen molar-refractivity contribution in [3.63, 3.8) is 0 Å². The van der Waals surface area contributed by atoms with E-state index in [1.165, 1.54) is 29.8 Å². The highest BCUT2D eigenvalue weighted by Crippen LogP contribution is 2.44. The zero-order valence-corrected chi connectivity index (χ0v) is 17.3. The summed E-state index contributed by atoms with van der Waals surface area (Å²) in [5.41, 5.74) is 4.60. The Hall–Kier alpha value is -2.41. The van der Waals surface area contributed by atoms with Gasteiger partial charge in [-0.05, 0) is 69.6 Å². The first-order valence-corrected chi connectivity index (χ1v) is 10.2. The molecular weight excluding hydrogens is 372 g/mol. The van der Waals surface area contributed by atoms with Crippen molar-refractivity contribution in [2.75, 3.05) is 13.2 Å². The standard InChI is InChI=1S/C21H26N4O2S/c1-4-27-18(26)12-24-20(16-11-13(2)25(14(16)3)15-8-9-15)19(23-21(24)28)17-7-5-6-10-22-17/h5-7,10-11,15,19-20H,4,8-9,12H2,1-3H3,(H,23,28)/t19-,20-/m0/s1. The Morgan fingerprint density at radius 3 is 2.79 bits per heavy atom. The minimum absolute atomic E-state index is 0.106. The van der Waals surface area contributed by atoms with Crippen molar-refractivity contribution in [2.45, 2.75) is 51.7 Å². The molecule has 2 aromatic heterocycles. The van der Waals surface area contributed by atoms with Crippen LogP contribution in [0, 0.1) is 13.8 Å². The van der Waals surface area contributed by atoms with Gasteiger partial charge in [0.15, 0.2) is 5.11 Å². The molecule has 0 radical (unpaired) electrons. The highest BCUT2D eigenvalue weighted by atomic mass is 32.1. The summed E-state index contributed by atoms with van der Waals surface area (Å²) >= 11 is 5.62. The monoisotopic (exact) mass is 398 g/mol. The summed E-state index contributed by atoms with van der Waals surface area (Å²) in [4.78, 5) is 18.8. The van der Waals surface area contributed by atoms with Gasteiger partial charge in [-0.1, -0.05) is 6.07 Å². The highest BCUT2D eigenvalue weighted by molar-refractivity contribution is 7.80. The van der Waals surface area contributed by atoms with E-state index in [9.17, 15) is 4.79 Å². The van der Waals surface area contributed by atoms with Gasteiger partial charge in [-0.15, -0.1) is 0 Å². The third-order valence-electron chi connectivity index (χ3n) is 5.56. The molecule has 0 unspecified atom stereocenters. The summed E-state index contributed by atoms with van der Waals surface area (Å²) in [5, 5.41) is 3.96. The maximum Gasteiger partial charge on any atom is 0.325 e. The van der Waals surface area contributed by atoms with Crippen molar-refractivity contribution in [2.24, 2.45) is 0 Å². The Balaban J connectivity index is 1.76. The molecule has 6 nitrogen and oxygen atoms in total. The lowest BCUT2D eigenvalue weighted by atomic mass is 9.97. The van der Waals surface area contributed by atoms with Crippen LogP contribution < -0.4 is 5.32 Å². The number of nitrogens with zero attached hydrogens (tertiary/aromatic N) is 3. The fraction of sp³-hybridized carbons (Fsp3) is 0.476. The number of nitrogens with one attached hydrogen (secondary N) is 1. The van der Waals surface area contributed by atoms with Crippen molar-refractivity contribution in [1.29, 1.82) is 0 Å². The van der Waals surface area contributed by atoms with Crippen molar-refractivity contribution < 1.29 is 9.53 Å². The number of hydrogen-bond acceptors (Lipinski definition) is 4. The van der Waals surface area contributed by atoms with Crippen molar-refractivity contribution >= 4 is 23.3 Å². The normalized spacial score (nSPS) is 21.7. The highest BCUT2D eigenvalue weighted by Gasteiger charge is 2.43. The Morgan fingerprint density at radius 2 is 2.14 bits per heavy atom. The van der Waals surface area contributed by atoms with Crippen molar-refractivity contribution in [3.05, 3.63) is 53.1 Å². The summed E-state index contributed by atoms with van der Waals surface area (Å²) in [6.07, 6.45) is 4.25. The lowest BCUT2D eigenvalue weighted by Gasteiger charge is -2.27. The molecule has 2 atom stereocenters. The molecule has 0 aromatic carbocycles. The fourth-order valence-electron chi connectivity index (χ4n) is 4.26. The summed E-state index contributed by atoms with van der Waals surface area (Å²) in [6, 6.07) is 8.50. The number of esters is 1. The number of carbonyl (C=O) groups is 1. The van der Waals surface area contributed by atoms with E-state index in [0.717, 1.165) is 5.69 Å². The molecule has 7 heteroatoms. The Bertz CT molecular complexity index is 891. The van der Waals surface area contributed by atoms with Crippen LogP contribution in [0.3, 0.4) is 0 Å². The molecule has 4 rings (SSSR count). The van der Waals surface area contributed by atoms with E-state index in [-0.39, 0.29) is 24.6 Å². The van der Waals surface area contributed by atoms with E-state index in [0.29, 0.717) is 17.8 Å². The van der Waals surface area contributed by atoms with E-state index in [1.54, 1.807) is 6.20 Å². The molecule has 2 aromatic rings. The molecular formula is C21H26N4O2S. The van der Waals surface area contributed by atoms with Crippen molar-refractivity contribution in [1.82, 2.24) is 19.8 Å². The van der Waals surface area contributed by atoms with Gasteiger partial charge in [-0.25, -0.2) is 0 Å². The van der Waals surface area contributed by atoms with Crippen LogP contribution >= 0.6 is 12.2 Å². The molecule has 1 aliphatic heterocycles. The maximum atomic E-state index is 12.3. The summed E-state index contributed by atoms with van der Waals surface area (Å²) in [6.45, 7) is 6.62. The van der Waals surface area contributed by atoms with Gasteiger partial charge in [0.2, 0.25) is 0 Å². The molecule has 2 fully saturated rings. The number of ether oxygens (including phenoxy) is 1. The largest absolute Gasteiger partial charge is 0.465 e. The predicted octanol–water partition coefficient (Wildman–Crippen LogP) is 3.37. The van der Waals surface area contributed by atoms with E-state index in [2.05, 4.69) is 34.8 Å². The second kappa shape index (κ2) is 7.54. The molecule has 1 N–H and O–H groups in total. The third kappa shape index (κ3) is 3.39. The maximum absolute atomic E-state index is 12.3. The van der Waals surface area contributed by atoms with Crippen LogP contribution in [-0.2, 0) is 9.53 Å². The summed E-state index contributed by atoms with van der Waals surface area (Å²) < 4.78 is 7.62. The second-order valence-electron chi connectivity index (χ2n) is 7.49. The van der Waals surface area contributed by atoms with E-state index < -0.39 is 0 Å². The number of rotatable bonds is 6. The van der Waals surface area contributed by atoms with Gasteiger partial charge < -0.3 is 19.5 Å². The molecule has 1 saturated carbocycles. The quantitative estimate of drug-likeness (QED) is 0.595. The zero-order chi connectivity index (χ0) is 19.8. The molecule has 2 aliphatic rings. The van der Waals surface area contributed by atoms with Crippen molar-refractivity contribution in [3.8, 4) is 0 Å². The Kier molecular flexibility index (Phi) is 5.10. The molecule has 0 spiro atoms. The number of hydrogen-bond donors (Lipinski definition) is 1. The third-order valence-corrected chi connectivity index (χ3v) is 5.91. The molecule has 28 heavy (non-hydrogen) atoms. The lowest BCUT2D eigenvalue weighted by molar-refractivity contribution is -0.143. The number of pyridine rings is 1. The van der Waals surface area contributed by atoms with Crippen LogP contribution in [0.25, 0.3) is 0 Å². The molecule has 0 bridgehead atoms. The number of carbonyl (C=O) groups excluding carboxylic acids is 1. The minimum atomic E-state index is -0.269. The summed E-state index contributed by atoms with van der Waals surface area (Å²) in [5.74, 6) is -0.269.